The summed E-state index contributed by atoms with van der Waals surface area (Å²) in [6.45, 7) is 4.52. The summed E-state index contributed by atoms with van der Waals surface area (Å²) in [5, 5.41) is 11.6. The van der Waals surface area contributed by atoms with E-state index in [0.29, 0.717) is 34.7 Å². The van der Waals surface area contributed by atoms with Gasteiger partial charge in [0.25, 0.3) is 11.8 Å². The van der Waals surface area contributed by atoms with Crippen molar-refractivity contribution >= 4 is 62.8 Å². The van der Waals surface area contributed by atoms with Crippen LogP contribution in [0.5, 0.6) is 11.5 Å². The van der Waals surface area contributed by atoms with Crippen molar-refractivity contribution in [1.29, 1.82) is 0 Å². The second-order valence-corrected chi connectivity index (χ2v) is 7.74. The first kappa shape index (κ1) is 23.4. The van der Waals surface area contributed by atoms with Crippen molar-refractivity contribution in [3.05, 3.63) is 57.6 Å². The van der Waals surface area contributed by atoms with Gasteiger partial charge in [-0.3, -0.25) is 19.8 Å². The molecule has 8 nitrogen and oxygen atoms in total. The lowest BCUT2D eigenvalue weighted by Gasteiger charge is -2.29. The molecule has 0 aromatic heterocycles. The second-order valence-electron chi connectivity index (χ2n) is 6.50. The average molecular weight is 519 g/mol. The van der Waals surface area contributed by atoms with Gasteiger partial charge in [0, 0.05) is 4.47 Å². The highest BCUT2D eigenvalue weighted by molar-refractivity contribution is 9.10. The van der Waals surface area contributed by atoms with E-state index in [2.05, 4.69) is 21.2 Å². The summed E-state index contributed by atoms with van der Waals surface area (Å²) in [5.74, 6) is -1.50. The molecule has 1 heterocycles. The number of hydrogen-bond acceptors (Lipinski definition) is 6. The van der Waals surface area contributed by atoms with Gasteiger partial charge in [0.15, 0.2) is 16.6 Å². The summed E-state index contributed by atoms with van der Waals surface area (Å²) < 4.78 is 11.8. The monoisotopic (exact) mass is 518 g/mol. The van der Waals surface area contributed by atoms with Gasteiger partial charge in [-0.2, -0.15) is 0 Å². The maximum absolute atomic E-state index is 13.2. The fraction of sp³-hybridized carbons (Fsp3) is 0.182. The predicted molar refractivity (Wildman–Crippen MR) is 126 cm³/mol. The van der Waals surface area contributed by atoms with E-state index in [1.165, 1.54) is 30.3 Å². The summed E-state index contributed by atoms with van der Waals surface area (Å²) >= 11 is 8.61. The van der Waals surface area contributed by atoms with Crippen LogP contribution in [-0.2, 0) is 9.59 Å². The summed E-state index contributed by atoms with van der Waals surface area (Å²) in [4.78, 5) is 38.2. The van der Waals surface area contributed by atoms with Crippen molar-refractivity contribution in [3.8, 4) is 11.5 Å². The lowest BCUT2D eigenvalue weighted by Crippen LogP contribution is -2.54. The van der Waals surface area contributed by atoms with Gasteiger partial charge in [0.2, 0.25) is 0 Å². The van der Waals surface area contributed by atoms with Crippen LogP contribution in [0.25, 0.3) is 6.08 Å². The maximum atomic E-state index is 13.2. The smallest absolute Gasteiger partial charge is 0.335 e. The minimum Gasteiger partial charge on any atom is -0.490 e. The zero-order valence-electron chi connectivity index (χ0n) is 17.2. The topological polar surface area (TPSA) is 105 Å². The Hall–Kier alpha value is -3.24. The molecule has 166 valence electrons. The largest absolute Gasteiger partial charge is 0.490 e. The van der Waals surface area contributed by atoms with Crippen LogP contribution >= 0.6 is 28.1 Å². The Labute approximate surface area is 197 Å². The van der Waals surface area contributed by atoms with Crippen molar-refractivity contribution in [2.24, 2.45) is 0 Å². The number of ether oxygens (including phenoxy) is 2. The highest BCUT2D eigenvalue weighted by atomic mass is 79.9. The Kier molecular flexibility index (Phi) is 7.26. The van der Waals surface area contributed by atoms with E-state index in [4.69, 9.17) is 21.7 Å². The van der Waals surface area contributed by atoms with E-state index >= 15 is 0 Å². The van der Waals surface area contributed by atoms with Gasteiger partial charge in [-0.25, -0.2) is 4.79 Å². The Bertz CT molecular complexity index is 1150. The van der Waals surface area contributed by atoms with Crippen molar-refractivity contribution in [3.63, 3.8) is 0 Å². The number of benzene rings is 2. The summed E-state index contributed by atoms with van der Waals surface area (Å²) in [6.07, 6.45) is 1.41. The molecule has 2 aromatic carbocycles. The molecule has 3 rings (SSSR count). The minimum absolute atomic E-state index is 0.0175. The molecule has 10 heteroatoms. The predicted octanol–water partition coefficient (Wildman–Crippen LogP) is 3.78. The number of thiocarbonyl (C=S) groups is 1. The van der Waals surface area contributed by atoms with E-state index in [-0.39, 0.29) is 21.9 Å². The number of carboxylic acid groups (broad SMARTS) is 1. The van der Waals surface area contributed by atoms with E-state index < -0.39 is 17.8 Å². The van der Waals surface area contributed by atoms with E-state index in [1.807, 2.05) is 13.8 Å². The number of carboxylic acids is 1. The van der Waals surface area contributed by atoms with Crippen LogP contribution in [0.4, 0.5) is 5.69 Å². The molecule has 1 aliphatic heterocycles. The summed E-state index contributed by atoms with van der Waals surface area (Å²) in [6, 6.07) is 9.09. The highest BCUT2D eigenvalue weighted by Crippen LogP contribution is 2.35. The molecule has 1 saturated heterocycles. The van der Waals surface area contributed by atoms with Crippen LogP contribution in [0.3, 0.4) is 0 Å². The van der Waals surface area contributed by atoms with Crippen LogP contribution in [0.2, 0.25) is 0 Å². The van der Waals surface area contributed by atoms with Gasteiger partial charge in [0.1, 0.15) is 5.57 Å². The number of halogens is 1. The van der Waals surface area contributed by atoms with Crippen LogP contribution in [0.15, 0.2) is 46.4 Å². The number of nitrogens with one attached hydrogen (secondary N) is 1. The lowest BCUT2D eigenvalue weighted by atomic mass is 10.1. The molecule has 2 N–H and O–H groups in total. The first-order valence-corrected chi connectivity index (χ1v) is 10.8. The normalized spacial score (nSPS) is 15.0. The number of anilines is 1. The lowest BCUT2D eigenvalue weighted by molar-refractivity contribution is -0.122. The zero-order chi connectivity index (χ0) is 23.4. The maximum Gasteiger partial charge on any atom is 0.335 e. The Morgan fingerprint density at radius 2 is 1.81 bits per heavy atom. The SMILES string of the molecule is CCOc1cc(Br)c(C=C2C(=O)NC(=S)N(c3cccc(C(=O)O)c3)C2=O)cc1OCC. The van der Waals surface area contributed by atoms with Gasteiger partial charge in [0.05, 0.1) is 24.5 Å². The summed E-state index contributed by atoms with van der Waals surface area (Å²) in [5.41, 5.74) is 0.553. The van der Waals surface area contributed by atoms with Crippen molar-refractivity contribution < 1.29 is 29.0 Å². The molecule has 1 fully saturated rings. The molecule has 0 unspecified atom stereocenters. The van der Waals surface area contributed by atoms with Gasteiger partial charge >= 0.3 is 5.97 Å². The zero-order valence-corrected chi connectivity index (χ0v) is 19.6. The molecule has 32 heavy (non-hydrogen) atoms. The average Bonchev–Trinajstić information content (AvgIpc) is 2.74. The number of amides is 2. The number of nitrogens with zero attached hydrogens (tertiary/aromatic N) is 1. The van der Waals surface area contributed by atoms with Crippen molar-refractivity contribution in [1.82, 2.24) is 5.32 Å². The number of aromatic carboxylic acids is 1. The Morgan fingerprint density at radius 3 is 2.44 bits per heavy atom. The Balaban J connectivity index is 2.05. The molecular weight excluding hydrogens is 500 g/mol. The third-order valence-electron chi connectivity index (χ3n) is 4.42. The van der Waals surface area contributed by atoms with E-state index in [1.54, 1.807) is 12.1 Å². The number of carbonyl (C=O) groups excluding carboxylic acids is 2. The molecule has 2 aromatic rings. The van der Waals surface area contributed by atoms with Gasteiger partial charge in [-0.05, 0) is 68.0 Å². The molecule has 0 saturated carbocycles. The molecule has 0 aliphatic carbocycles. The van der Waals surface area contributed by atoms with Crippen LogP contribution in [0, 0.1) is 0 Å². The number of rotatable bonds is 7. The minimum atomic E-state index is -1.15. The molecule has 0 bridgehead atoms. The number of hydrogen-bond donors (Lipinski definition) is 2. The molecular formula is C22H19BrN2O6S. The highest BCUT2D eigenvalue weighted by Gasteiger charge is 2.35. The van der Waals surface area contributed by atoms with E-state index in [0.717, 1.165) is 4.90 Å². The molecule has 0 radical (unpaired) electrons. The fourth-order valence-corrected chi connectivity index (χ4v) is 3.74. The van der Waals surface area contributed by atoms with Gasteiger partial charge < -0.3 is 14.6 Å². The van der Waals surface area contributed by atoms with Crippen molar-refractivity contribution in [2.45, 2.75) is 13.8 Å². The van der Waals surface area contributed by atoms with Crippen LogP contribution in [-0.4, -0.2) is 41.2 Å². The third kappa shape index (κ3) is 4.81. The third-order valence-corrected chi connectivity index (χ3v) is 5.39. The molecule has 0 spiro atoms. The molecule has 0 atom stereocenters. The second kappa shape index (κ2) is 9.92. The summed E-state index contributed by atoms with van der Waals surface area (Å²) in [7, 11) is 0. The number of carbonyl (C=O) groups is 3. The Morgan fingerprint density at radius 1 is 1.16 bits per heavy atom. The van der Waals surface area contributed by atoms with Crippen LogP contribution < -0.4 is 19.7 Å². The van der Waals surface area contributed by atoms with Crippen LogP contribution in [0.1, 0.15) is 29.8 Å². The standard InChI is InChI=1S/C22H19BrN2O6S/c1-3-30-17-10-13(16(23)11-18(17)31-4-2)9-15-19(26)24-22(32)25(20(15)27)14-7-5-6-12(8-14)21(28)29/h5-11H,3-4H2,1-2H3,(H,28,29)(H,24,26,32). The molecule has 1 aliphatic rings. The van der Waals surface area contributed by atoms with Gasteiger partial charge in [-0.1, -0.05) is 22.0 Å². The molecule has 2 amide bonds. The first-order valence-electron chi connectivity index (χ1n) is 9.60. The quantitative estimate of drug-likeness (QED) is 0.326. The first-order chi connectivity index (χ1) is 15.3. The fourth-order valence-electron chi connectivity index (χ4n) is 3.02. The van der Waals surface area contributed by atoms with Crippen molar-refractivity contribution in [2.75, 3.05) is 18.1 Å². The van der Waals surface area contributed by atoms with E-state index in [9.17, 15) is 19.5 Å². The van der Waals surface area contributed by atoms with Gasteiger partial charge in [-0.15, -0.1) is 0 Å².